The average molecular weight is 286 g/mol. The van der Waals surface area contributed by atoms with Gasteiger partial charge in [-0.15, -0.1) is 0 Å². The Kier molecular flexibility index (Phi) is 5.95. The van der Waals surface area contributed by atoms with Gasteiger partial charge in [0, 0.05) is 31.5 Å². The zero-order valence-electron chi connectivity index (χ0n) is 12.8. The topological polar surface area (TPSA) is 78.9 Å². The van der Waals surface area contributed by atoms with Gasteiger partial charge in [0.25, 0.3) is 0 Å². The lowest BCUT2D eigenvalue weighted by Crippen LogP contribution is -2.50. The average Bonchev–Trinajstić information content (AvgIpc) is 2.36. The van der Waals surface area contributed by atoms with Gasteiger partial charge in [-0.2, -0.15) is 0 Å². The van der Waals surface area contributed by atoms with Crippen molar-refractivity contribution < 1.29 is 19.4 Å². The number of aliphatic hydroxyl groups excluding tert-OH is 1. The number of carbonyl (C=O) groups is 2. The van der Waals surface area contributed by atoms with Gasteiger partial charge in [0.1, 0.15) is 0 Å². The predicted molar refractivity (Wildman–Crippen MR) is 75.1 cm³/mol. The Morgan fingerprint density at radius 1 is 1.35 bits per heavy atom. The van der Waals surface area contributed by atoms with E-state index in [4.69, 9.17) is 9.84 Å². The summed E-state index contributed by atoms with van der Waals surface area (Å²) in [6.07, 6.45) is -0.118. The van der Waals surface area contributed by atoms with E-state index in [0.29, 0.717) is 19.6 Å². The molecule has 2 atom stereocenters. The lowest BCUT2D eigenvalue weighted by molar-refractivity contribution is -0.147. The highest BCUT2D eigenvalue weighted by molar-refractivity contribution is 5.82. The molecule has 2 N–H and O–H groups in total. The fraction of sp³-hybridized carbons (Fsp3) is 0.857. The molecule has 1 rings (SSSR count). The maximum atomic E-state index is 12.1. The number of rotatable bonds is 4. The molecule has 2 amide bonds. The molecule has 0 aromatic heterocycles. The Bertz CT molecular complexity index is 352. The summed E-state index contributed by atoms with van der Waals surface area (Å²) in [6.45, 7) is 8.57. The van der Waals surface area contributed by atoms with E-state index < -0.39 is 5.41 Å². The molecule has 0 spiro atoms. The molecule has 1 heterocycles. The summed E-state index contributed by atoms with van der Waals surface area (Å²) < 4.78 is 5.49. The van der Waals surface area contributed by atoms with Crippen molar-refractivity contribution in [2.75, 3.05) is 26.2 Å². The van der Waals surface area contributed by atoms with Gasteiger partial charge in [0.15, 0.2) is 0 Å². The summed E-state index contributed by atoms with van der Waals surface area (Å²) in [5.41, 5.74) is -0.446. The Morgan fingerprint density at radius 2 is 2.00 bits per heavy atom. The smallest absolute Gasteiger partial charge is 0.225 e. The van der Waals surface area contributed by atoms with Crippen LogP contribution in [0, 0.1) is 5.41 Å². The standard InChI is InChI=1S/C14H26N2O4/c1-10-7-16(8-11(9-17)20-10)12(18)5-6-15-13(19)14(2,3)4/h10-11,17H,5-9H2,1-4H3,(H,15,19). The van der Waals surface area contributed by atoms with Crippen molar-refractivity contribution in [1.29, 1.82) is 0 Å². The van der Waals surface area contributed by atoms with Crippen LogP contribution in [0.2, 0.25) is 0 Å². The Balaban J connectivity index is 2.37. The second kappa shape index (κ2) is 7.04. The van der Waals surface area contributed by atoms with Crippen LogP contribution in [0.3, 0.4) is 0 Å². The first-order chi connectivity index (χ1) is 9.24. The number of nitrogens with one attached hydrogen (secondary N) is 1. The molecule has 0 aliphatic carbocycles. The Morgan fingerprint density at radius 3 is 2.55 bits per heavy atom. The minimum Gasteiger partial charge on any atom is -0.394 e. The monoisotopic (exact) mass is 286 g/mol. The molecule has 2 unspecified atom stereocenters. The molecular formula is C14H26N2O4. The molecule has 6 nitrogen and oxygen atoms in total. The van der Waals surface area contributed by atoms with E-state index in [9.17, 15) is 9.59 Å². The second-order valence-electron chi connectivity index (χ2n) is 6.31. The van der Waals surface area contributed by atoms with Crippen molar-refractivity contribution in [3.8, 4) is 0 Å². The predicted octanol–water partition coefficient (Wildman–Crippen LogP) is 0.147. The van der Waals surface area contributed by atoms with Gasteiger partial charge >= 0.3 is 0 Å². The molecule has 1 aliphatic rings. The first kappa shape index (κ1) is 16.9. The number of nitrogens with zero attached hydrogens (tertiary/aromatic N) is 1. The molecule has 0 saturated carbocycles. The second-order valence-corrected chi connectivity index (χ2v) is 6.31. The molecule has 116 valence electrons. The number of hydrogen-bond donors (Lipinski definition) is 2. The number of amides is 2. The van der Waals surface area contributed by atoms with Crippen LogP contribution in [0.25, 0.3) is 0 Å². The van der Waals surface area contributed by atoms with Gasteiger partial charge in [-0.25, -0.2) is 0 Å². The van der Waals surface area contributed by atoms with E-state index in [1.807, 2.05) is 27.7 Å². The zero-order valence-corrected chi connectivity index (χ0v) is 12.8. The molecule has 0 bridgehead atoms. The van der Waals surface area contributed by atoms with Crippen molar-refractivity contribution >= 4 is 11.8 Å². The van der Waals surface area contributed by atoms with Crippen LogP contribution in [0.1, 0.15) is 34.1 Å². The molecule has 1 fully saturated rings. The third-order valence-corrected chi connectivity index (χ3v) is 3.19. The van der Waals surface area contributed by atoms with Crippen LogP contribution >= 0.6 is 0 Å². The fourth-order valence-corrected chi connectivity index (χ4v) is 2.06. The van der Waals surface area contributed by atoms with Crippen molar-refractivity contribution in [3.05, 3.63) is 0 Å². The van der Waals surface area contributed by atoms with Crippen LogP contribution in [-0.2, 0) is 14.3 Å². The molecule has 6 heteroatoms. The van der Waals surface area contributed by atoms with E-state index in [-0.39, 0.29) is 37.0 Å². The number of hydrogen-bond acceptors (Lipinski definition) is 4. The van der Waals surface area contributed by atoms with Crippen molar-refractivity contribution in [2.24, 2.45) is 5.41 Å². The van der Waals surface area contributed by atoms with Crippen molar-refractivity contribution in [3.63, 3.8) is 0 Å². The van der Waals surface area contributed by atoms with E-state index in [1.54, 1.807) is 4.90 Å². The number of ether oxygens (including phenoxy) is 1. The molecule has 20 heavy (non-hydrogen) atoms. The largest absolute Gasteiger partial charge is 0.394 e. The normalized spacial score (nSPS) is 23.6. The lowest BCUT2D eigenvalue weighted by Gasteiger charge is -2.36. The summed E-state index contributed by atoms with van der Waals surface area (Å²) in [7, 11) is 0. The summed E-state index contributed by atoms with van der Waals surface area (Å²) in [5.74, 6) is -0.0818. The summed E-state index contributed by atoms with van der Waals surface area (Å²) >= 11 is 0. The van der Waals surface area contributed by atoms with Crippen LogP contribution in [0.4, 0.5) is 0 Å². The molecule has 1 saturated heterocycles. The van der Waals surface area contributed by atoms with Gasteiger partial charge < -0.3 is 20.1 Å². The summed E-state index contributed by atoms with van der Waals surface area (Å²) in [4.78, 5) is 25.5. The van der Waals surface area contributed by atoms with Gasteiger partial charge in [0.05, 0.1) is 18.8 Å². The van der Waals surface area contributed by atoms with E-state index >= 15 is 0 Å². The fourth-order valence-electron chi connectivity index (χ4n) is 2.06. The van der Waals surface area contributed by atoms with Gasteiger partial charge in [-0.1, -0.05) is 20.8 Å². The number of aliphatic hydroxyl groups is 1. The lowest BCUT2D eigenvalue weighted by atomic mass is 9.96. The maximum Gasteiger partial charge on any atom is 0.225 e. The van der Waals surface area contributed by atoms with Crippen LogP contribution in [0.15, 0.2) is 0 Å². The van der Waals surface area contributed by atoms with Gasteiger partial charge in [0.2, 0.25) is 11.8 Å². The Labute approximate surface area is 120 Å². The van der Waals surface area contributed by atoms with Crippen LogP contribution in [0.5, 0.6) is 0 Å². The number of morpholine rings is 1. The van der Waals surface area contributed by atoms with E-state index in [1.165, 1.54) is 0 Å². The highest BCUT2D eigenvalue weighted by atomic mass is 16.5. The minimum absolute atomic E-state index is 0.0205. The minimum atomic E-state index is -0.446. The summed E-state index contributed by atoms with van der Waals surface area (Å²) in [5, 5.41) is 11.9. The first-order valence-electron chi connectivity index (χ1n) is 7.06. The third-order valence-electron chi connectivity index (χ3n) is 3.19. The van der Waals surface area contributed by atoms with E-state index in [0.717, 1.165) is 0 Å². The summed E-state index contributed by atoms with van der Waals surface area (Å²) in [6, 6.07) is 0. The van der Waals surface area contributed by atoms with Gasteiger partial charge in [-0.3, -0.25) is 9.59 Å². The highest BCUT2D eigenvalue weighted by Gasteiger charge is 2.28. The van der Waals surface area contributed by atoms with Crippen LogP contribution in [-0.4, -0.2) is 60.3 Å². The molecule has 0 aromatic rings. The first-order valence-corrected chi connectivity index (χ1v) is 7.06. The molecular weight excluding hydrogens is 260 g/mol. The highest BCUT2D eigenvalue weighted by Crippen LogP contribution is 2.13. The molecule has 1 aliphatic heterocycles. The van der Waals surface area contributed by atoms with E-state index in [2.05, 4.69) is 5.32 Å². The van der Waals surface area contributed by atoms with Gasteiger partial charge in [-0.05, 0) is 6.92 Å². The van der Waals surface area contributed by atoms with Crippen molar-refractivity contribution in [2.45, 2.75) is 46.3 Å². The Hall–Kier alpha value is -1.14. The molecule has 0 radical (unpaired) electrons. The maximum absolute atomic E-state index is 12.1. The number of carbonyl (C=O) groups excluding carboxylic acids is 2. The quantitative estimate of drug-likeness (QED) is 0.771. The third kappa shape index (κ3) is 5.09. The van der Waals surface area contributed by atoms with Crippen molar-refractivity contribution in [1.82, 2.24) is 10.2 Å². The SMILES string of the molecule is CC1CN(C(=O)CCNC(=O)C(C)(C)C)CC(CO)O1. The van der Waals surface area contributed by atoms with Crippen LogP contribution < -0.4 is 5.32 Å². The molecule has 0 aromatic carbocycles. The zero-order chi connectivity index (χ0) is 15.3.